The highest BCUT2D eigenvalue weighted by Gasteiger charge is 2.61. The normalized spacial score (nSPS) is 32.5. The van der Waals surface area contributed by atoms with E-state index < -0.39 is 35.8 Å². The standard InChI is InChI=1S/C22H27N3O5/c1-13-3-4-17(30-13)11-23(2)18(26)12-24-19(27)20(28)25(21(24)29)22-8-14-5-15(9-22)7-16(6-14)10-22/h3-4,14-16H,5-12H2,1-2H3. The minimum atomic E-state index is -0.883. The third-order valence-corrected chi connectivity index (χ3v) is 7.44. The van der Waals surface area contributed by atoms with Crippen LogP contribution in [0.15, 0.2) is 16.5 Å². The van der Waals surface area contributed by atoms with Crippen LogP contribution in [0, 0.1) is 24.7 Å². The van der Waals surface area contributed by atoms with Crippen LogP contribution in [0.5, 0.6) is 0 Å². The molecule has 0 aromatic carbocycles. The minimum Gasteiger partial charge on any atom is -0.464 e. The molecule has 160 valence electrons. The number of hydrogen-bond acceptors (Lipinski definition) is 5. The fourth-order valence-electron chi connectivity index (χ4n) is 6.55. The van der Waals surface area contributed by atoms with E-state index in [1.54, 1.807) is 13.1 Å². The number of amides is 5. The van der Waals surface area contributed by atoms with E-state index in [1.807, 2.05) is 13.0 Å². The number of hydrogen-bond donors (Lipinski definition) is 0. The molecule has 30 heavy (non-hydrogen) atoms. The minimum absolute atomic E-state index is 0.232. The molecule has 1 aromatic heterocycles. The number of urea groups is 1. The van der Waals surface area contributed by atoms with Crippen molar-refractivity contribution in [3.63, 3.8) is 0 Å². The topological polar surface area (TPSA) is 91.1 Å². The smallest absolute Gasteiger partial charge is 0.335 e. The monoisotopic (exact) mass is 413 g/mol. The first-order valence-electron chi connectivity index (χ1n) is 10.7. The fraction of sp³-hybridized carbons (Fsp3) is 0.636. The maximum absolute atomic E-state index is 13.2. The molecule has 0 spiro atoms. The van der Waals surface area contributed by atoms with Gasteiger partial charge in [-0.3, -0.25) is 14.4 Å². The van der Waals surface area contributed by atoms with Gasteiger partial charge >= 0.3 is 17.8 Å². The van der Waals surface area contributed by atoms with Crippen LogP contribution >= 0.6 is 0 Å². The summed E-state index contributed by atoms with van der Waals surface area (Å²) in [7, 11) is 1.59. The summed E-state index contributed by atoms with van der Waals surface area (Å²) in [5, 5.41) is 0. The van der Waals surface area contributed by atoms with Crippen molar-refractivity contribution in [2.24, 2.45) is 17.8 Å². The Labute approximate surface area is 175 Å². The summed E-state index contributed by atoms with van der Waals surface area (Å²) in [4.78, 5) is 54.8. The van der Waals surface area contributed by atoms with Crippen molar-refractivity contribution in [2.75, 3.05) is 13.6 Å². The van der Waals surface area contributed by atoms with Gasteiger partial charge in [0.15, 0.2) is 0 Å². The molecule has 1 aromatic rings. The van der Waals surface area contributed by atoms with E-state index in [1.165, 1.54) is 29.1 Å². The Bertz CT molecular complexity index is 900. The third-order valence-electron chi connectivity index (χ3n) is 7.44. The molecular weight excluding hydrogens is 386 g/mol. The quantitative estimate of drug-likeness (QED) is 0.546. The predicted molar refractivity (Wildman–Crippen MR) is 105 cm³/mol. The Morgan fingerprint density at radius 3 is 2.20 bits per heavy atom. The second kappa shape index (κ2) is 6.68. The molecule has 4 aliphatic carbocycles. The number of imide groups is 2. The first-order valence-corrected chi connectivity index (χ1v) is 10.7. The molecule has 8 heteroatoms. The van der Waals surface area contributed by atoms with E-state index in [-0.39, 0.29) is 6.54 Å². The van der Waals surface area contributed by atoms with Crippen molar-refractivity contribution in [1.29, 1.82) is 0 Å². The van der Waals surface area contributed by atoms with Crippen LogP contribution in [0.1, 0.15) is 50.0 Å². The summed E-state index contributed by atoms with van der Waals surface area (Å²) < 4.78 is 5.48. The molecule has 4 bridgehead atoms. The summed E-state index contributed by atoms with van der Waals surface area (Å²) in [5.41, 5.74) is -0.534. The Morgan fingerprint density at radius 2 is 1.67 bits per heavy atom. The second-order valence-corrected chi connectivity index (χ2v) is 9.72. The van der Waals surface area contributed by atoms with Crippen LogP contribution in [0.25, 0.3) is 0 Å². The number of carbonyl (C=O) groups excluding carboxylic acids is 4. The zero-order chi connectivity index (χ0) is 21.2. The fourth-order valence-corrected chi connectivity index (χ4v) is 6.55. The van der Waals surface area contributed by atoms with E-state index >= 15 is 0 Å². The molecule has 0 unspecified atom stereocenters. The molecule has 1 aliphatic heterocycles. The highest BCUT2D eigenvalue weighted by Crippen LogP contribution is 2.58. The first-order chi connectivity index (χ1) is 14.3. The third kappa shape index (κ3) is 2.96. The van der Waals surface area contributed by atoms with Crippen molar-refractivity contribution in [3.8, 4) is 0 Å². The van der Waals surface area contributed by atoms with Crippen LogP contribution in [0.2, 0.25) is 0 Å². The number of furan rings is 1. The molecular formula is C22H27N3O5. The van der Waals surface area contributed by atoms with Gasteiger partial charge in [0, 0.05) is 7.05 Å². The lowest BCUT2D eigenvalue weighted by atomic mass is 9.52. The van der Waals surface area contributed by atoms with Crippen molar-refractivity contribution in [2.45, 2.75) is 57.5 Å². The highest BCUT2D eigenvalue weighted by atomic mass is 16.3. The van der Waals surface area contributed by atoms with E-state index in [0.717, 1.165) is 29.9 Å². The molecule has 4 saturated carbocycles. The number of nitrogens with zero attached hydrogens (tertiary/aromatic N) is 3. The summed E-state index contributed by atoms with van der Waals surface area (Å²) in [6, 6.07) is 2.97. The summed E-state index contributed by atoms with van der Waals surface area (Å²) in [6.07, 6.45) is 5.89. The van der Waals surface area contributed by atoms with Gasteiger partial charge < -0.3 is 9.32 Å². The van der Waals surface area contributed by atoms with Crippen LogP contribution in [-0.2, 0) is 20.9 Å². The van der Waals surface area contributed by atoms with Gasteiger partial charge in [0.05, 0.1) is 12.1 Å². The molecule has 5 fully saturated rings. The lowest BCUT2D eigenvalue weighted by molar-refractivity contribution is -0.150. The molecule has 1 saturated heterocycles. The molecule has 6 rings (SSSR count). The molecule has 2 heterocycles. The summed E-state index contributed by atoms with van der Waals surface area (Å²) >= 11 is 0. The Kier molecular flexibility index (Phi) is 4.31. The summed E-state index contributed by atoms with van der Waals surface area (Å²) in [6.45, 7) is 1.62. The van der Waals surface area contributed by atoms with Crippen LogP contribution < -0.4 is 0 Å². The lowest BCUT2D eigenvalue weighted by Crippen LogP contribution is -2.62. The SMILES string of the molecule is Cc1ccc(CN(C)C(=O)CN2C(=O)C(=O)N(C34CC5CC(CC(C5)C3)C4)C2=O)o1. The van der Waals surface area contributed by atoms with Crippen molar-refractivity contribution >= 4 is 23.8 Å². The second-order valence-electron chi connectivity index (χ2n) is 9.72. The maximum Gasteiger partial charge on any atom is 0.335 e. The molecule has 0 N–H and O–H groups in total. The van der Waals surface area contributed by atoms with Gasteiger partial charge in [-0.25, -0.2) is 14.6 Å². The zero-order valence-electron chi connectivity index (χ0n) is 17.4. The lowest BCUT2D eigenvalue weighted by Gasteiger charge is -2.58. The molecule has 8 nitrogen and oxygen atoms in total. The van der Waals surface area contributed by atoms with Gasteiger partial charge in [-0.05, 0) is 75.3 Å². The van der Waals surface area contributed by atoms with Gasteiger partial charge in [-0.2, -0.15) is 0 Å². The number of likely N-dealkylation sites (N-methyl/N-ethyl adjacent to an activating group) is 1. The van der Waals surface area contributed by atoms with Gasteiger partial charge in [-0.1, -0.05) is 0 Å². The maximum atomic E-state index is 13.2. The molecule has 0 atom stereocenters. The Balaban J connectivity index is 1.31. The molecule has 0 radical (unpaired) electrons. The van der Waals surface area contributed by atoms with Gasteiger partial charge in [0.1, 0.15) is 18.1 Å². The Morgan fingerprint density at radius 1 is 1.07 bits per heavy atom. The van der Waals surface area contributed by atoms with E-state index in [0.29, 0.717) is 23.5 Å². The van der Waals surface area contributed by atoms with Gasteiger partial charge in [-0.15, -0.1) is 0 Å². The van der Waals surface area contributed by atoms with Crippen molar-refractivity contribution in [1.82, 2.24) is 14.7 Å². The highest BCUT2D eigenvalue weighted by molar-refractivity contribution is 6.45. The number of carbonyl (C=O) groups is 4. The summed E-state index contributed by atoms with van der Waals surface area (Å²) in [5.74, 6) is 0.902. The van der Waals surface area contributed by atoms with Gasteiger partial charge in [0.2, 0.25) is 5.91 Å². The van der Waals surface area contributed by atoms with Gasteiger partial charge in [0.25, 0.3) is 0 Å². The Hall–Kier alpha value is -2.64. The number of aryl methyl sites for hydroxylation is 1. The predicted octanol–water partition coefficient (Wildman–Crippen LogP) is 2.31. The van der Waals surface area contributed by atoms with Crippen molar-refractivity contribution < 1.29 is 23.6 Å². The van der Waals surface area contributed by atoms with E-state index in [2.05, 4.69) is 0 Å². The largest absolute Gasteiger partial charge is 0.464 e. The average molecular weight is 413 g/mol. The molecule has 5 aliphatic rings. The van der Waals surface area contributed by atoms with Crippen LogP contribution in [0.4, 0.5) is 4.79 Å². The zero-order valence-corrected chi connectivity index (χ0v) is 17.4. The number of rotatable bonds is 5. The van der Waals surface area contributed by atoms with E-state index in [4.69, 9.17) is 4.42 Å². The van der Waals surface area contributed by atoms with Crippen molar-refractivity contribution in [3.05, 3.63) is 23.7 Å². The molecule has 5 amide bonds. The van der Waals surface area contributed by atoms with Crippen LogP contribution in [0.3, 0.4) is 0 Å². The van der Waals surface area contributed by atoms with Crippen LogP contribution in [-0.4, -0.2) is 57.6 Å². The van der Waals surface area contributed by atoms with E-state index in [9.17, 15) is 19.2 Å². The first kappa shape index (κ1) is 19.3. The average Bonchev–Trinajstić information content (AvgIpc) is 3.16.